The Morgan fingerprint density at radius 2 is 2.14 bits per heavy atom. The molecule has 1 aliphatic heterocycles. The molecule has 0 spiro atoms. The van der Waals surface area contributed by atoms with Crippen LogP contribution in [0.15, 0.2) is 24.5 Å². The van der Waals surface area contributed by atoms with Gasteiger partial charge in [0.15, 0.2) is 11.6 Å². The molecule has 2 aromatic rings. The van der Waals surface area contributed by atoms with Gasteiger partial charge in [0.1, 0.15) is 23.7 Å². The van der Waals surface area contributed by atoms with Crippen molar-refractivity contribution in [3.63, 3.8) is 0 Å². The lowest BCUT2D eigenvalue weighted by atomic mass is 10.0. The lowest BCUT2D eigenvalue weighted by Gasteiger charge is -2.29. The van der Waals surface area contributed by atoms with Crippen LogP contribution in [-0.2, 0) is 4.79 Å². The van der Waals surface area contributed by atoms with E-state index in [0.717, 1.165) is 11.8 Å². The van der Waals surface area contributed by atoms with Crippen LogP contribution in [0.2, 0.25) is 0 Å². The van der Waals surface area contributed by atoms with Gasteiger partial charge in [-0.1, -0.05) is 6.07 Å². The van der Waals surface area contributed by atoms with E-state index in [2.05, 4.69) is 20.3 Å². The summed E-state index contributed by atoms with van der Waals surface area (Å²) < 4.78 is 51.8. The van der Waals surface area contributed by atoms with Gasteiger partial charge in [-0.25, -0.2) is 19.3 Å². The molecule has 2 N–H and O–H groups in total. The number of aromatic nitrogens is 3. The number of hydrogen-bond acceptors (Lipinski definition) is 6. The molecule has 1 saturated carbocycles. The van der Waals surface area contributed by atoms with Gasteiger partial charge in [-0.3, -0.25) is 4.79 Å². The van der Waals surface area contributed by atoms with Gasteiger partial charge in [0.05, 0.1) is 12.1 Å². The first-order chi connectivity index (χ1) is 13.7. The summed E-state index contributed by atoms with van der Waals surface area (Å²) in [6.45, 7) is -0.950. The molecule has 0 radical (unpaired) electrons. The quantitative estimate of drug-likeness (QED) is 0.736. The fourth-order valence-corrected chi connectivity index (χ4v) is 3.54. The minimum atomic E-state index is -4.52. The Labute approximate surface area is 163 Å². The monoisotopic (exact) mass is 410 g/mol. The summed E-state index contributed by atoms with van der Waals surface area (Å²) in [5, 5.41) is 5.02. The standard InChI is InChI=1S/C18H18F4N6O/c1-28(17(4-5-17)16(29)26-9-18(20,21)22)15-12(19)8-25-14(27-15)11-7-24-13-10(11)3-2-6-23-13/h2-3,6,8,11H,4-5,7,9H2,1H3,(H,23,24)(H,26,29). The summed E-state index contributed by atoms with van der Waals surface area (Å²) in [5.41, 5.74) is -0.373. The van der Waals surface area contributed by atoms with Gasteiger partial charge < -0.3 is 15.5 Å². The maximum absolute atomic E-state index is 14.5. The van der Waals surface area contributed by atoms with E-state index in [4.69, 9.17) is 0 Å². The van der Waals surface area contributed by atoms with Gasteiger partial charge in [0.25, 0.3) is 0 Å². The highest BCUT2D eigenvalue weighted by molar-refractivity contribution is 5.92. The molecule has 1 atom stereocenters. The number of anilines is 2. The molecule has 3 heterocycles. The molecule has 4 rings (SSSR count). The summed E-state index contributed by atoms with van der Waals surface area (Å²) >= 11 is 0. The van der Waals surface area contributed by atoms with Gasteiger partial charge in [0.2, 0.25) is 5.91 Å². The molecular formula is C18H18F4N6O. The molecule has 1 amide bonds. The third-order valence-corrected chi connectivity index (χ3v) is 5.30. The number of nitrogens with zero attached hydrogens (tertiary/aromatic N) is 4. The zero-order valence-corrected chi connectivity index (χ0v) is 15.4. The molecule has 0 aromatic carbocycles. The SMILES string of the molecule is CN(c1nc(C2CNc3ncccc32)ncc1F)C1(C(=O)NCC(F)(F)F)CC1. The van der Waals surface area contributed by atoms with Crippen LogP contribution in [0.25, 0.3) is 0 Å². The Morgan fingerprint density at radius 3 is 2.83 bits per heavy atom. The maximum atomic E-state index is 14.5. The molecule has 7 nitrogen and oxygen atoms in total. The van der Waals surface area contributed by atoms with Gasteiger partial charge in [-0.05, 0) is 18.9 Å². The van der Waals surface area contributed by atoms with E-state index in [1.165, 1.54) is 11.9 Å². The summed E-state index contributed by atoms with van der Waals surface area (Å²) in [6.07, 6.45) is -1.23. The Morgan fingerprint density at radius 1 is 1.38 bits per heavy atom. The van der Waals surface area contributed by atoms with Crippen LogP contribution >= 0.6 is 0 Å². The molecule has 2 aliphatic rings. The number of carbonyl (C=O) groups is 1. The van der Waals surface area contributed by atoms with E-state index in [1.807, 2.05) is 11.4 Å². The number of likely N-dealkylation sites (N-methyl/N-ethyl adjacent to an activating group) is 1. The van der Waals surface area contributed by atoms with Gasteiger partial charge in [-0.2, -0.15) is 13.2 Å². The number of fused-ring (bicyclic) bond motifs is 1. The third kappa shape index (κ3) is 3.56. The van der Waals surface area contributed by atoms with E-state index in [-0.39, 0.29) is 11.7 Å². The Kier molecular flexibility index (Phi) is 4.55. The average molecular weight is 410 g/mol. The topological polar surface area (TPSA) is 83.0 Å². The summed E-state index contributed by atoms with van der Waals surface area (Å²) in [6, 6.07) is 3.65. The molecule has 1 unspecified atom stereocenters. The number of nitrogens with one attached hydrogen (secondary N) is 2. The number of alkyl halides is 3. The summed E-state index contributed by atoms with van der Waals surface area (Å²) in [5.74, 6) is -0.866. The van der Waals surface area contributed by atoms with Crippen LogP contribution < -0.4 is 15.5 Å². The van der Waals surface area contributed by atoms with Crippen LogP contribution in [0.5, 0.6) is 0 Å². The molecule has 1 fully saturated rings. The first-order valence-corrected chi connectivity index (χ1v) is 9.01. The maximum Gasteiger partial charge on any atom is 0.405 e. The fraction of sp³-hybridized carbons (Fsp3) is 0.444. The van der Waals surface area contributed by atoms with Crippen LogP contribution in [0.1, 0.15) is 30.1 Å². The summed E-state index contributed by atoms with van der Waals surface area (Å²) in [7, 11) is 1.46. The Balaban J connectivity index is 1.59. The van der Waals surface area contributed by atoms with Crippen LogP contribution in [-0.4, -0.2) is 52.7 Å². The number of amides is 1. The Bertz CT molecular complexity index is 946. The highest BCUT2D eigenvalue weighted by atomic mass is 19.4. The molecule has 0 saturated heterocycles. The number of halogens is 4. The lowest BCUT2D eigenvalue weighted by Crippen LogP contribution is -2.50. The van der Waals surface area contributed by atoms with Crippen molar-refractivity contribution < 1.29 is 22.4 Å². The van der Waals surface area contributed by atoms with Crippen molar-refractivity contribution in [2.75, 3.05) is 30.4 Å². The third-order valence-electron chi connectivity index (χ3n) is 5.30. The van der Waals surface area contributed by atoms with Crippen molar-refractivity contribution in [1.82, 2.24) is 20.3 Å². The molecule has 29 heavy (non-hydrogen) atoms. The van der Waals surface area contributed by atoms with Crippen molar-refractivity contribution in [2.24, 2.45) is 0 Å². The first-order valence-electron chi connectivity index (χ1n) is 9.01. The van der Waals surface area contributed by atoms with Crippen LogP contribution in [0, 0.1) is 5.82 Å². The molecule has 11 heteroatoms. The minimum Gasteiger partial charge on any atom is -0.369 e. The second kappa shape index (κ2) is 6.82. The van der Waals surface area contributed by atoms with E-state index in [0.29, 0.717) is 31.0 Å². The Hall–Kier alpha value is -2.98. The minimum absolute atomic E-state index is 0.119. The average Bonchev–Trinajstić information content (AvgIpc) is 3.39. The molecule has 0 bridgehead atoms. The number of carbonyl (C=O) groups excluding carboxylic acids is 1. The van der Waals surface area contributed by atoms with E-state index < -0.39 is 30.0 Å². The van der Waals surface area contributed by atoms with Crippen molar-refractivity contribution in [3.8, 4) is 0 Å². The predicted octanol–water partition coefficient (Wildman–Crippen LogP) is 2.22. The first kappa shape index (κ1) is 19.3. The lowest BCUT2D eigenvalue weighted by molar-refractivity contribution is -0.139. The molecule has 154 valence electrons. The zero-order chi connectivity index (χ0) is 20.8. The fourth-order valence-electron chi connectivity index (χ4n) is 3.54. The second-order valence-electron chi connectivity index (χ2n) is 7.16. The molecule has 2 aromatic heterocycles. The predicted molar refractivity (Wildman–Crippen MR) is 96.0 cm³/mol. The van der Waals surface area contributed by atoms with Crippen molar-refractivity contribution in [2.45, 2.75) is 30.5 Å². The van der Waals surface area contributed by atoms with Crippen molar-refractivity contribution in [3.05, 3.63) is 41.7 Å². The number of pyridine rings is 1. The number of hydrogen-bond donors (Lipinski definition) is 2. The number of rotatable bonds is 5. The highest BCUT2D eigenvalue weighted by Crippen LogP contribution is 2.44. The van der Waals surface area contributed by atoms with Crippen LogP contribution in [0.3, 0.4) is 0 Å². The van der Waals surface area contributed by atoms with Gasteiger partial charge in [-0.15, -0.1) is 0 Å². The molecular weight excluding hydrogens is 392 g/mol. The van der Waals surface area contributed by atoms with Gasteiger partial charge in [0, 0.05) is 25.4 Å². The van der Waals surface area contributed by atoms with Crippen molar-refractivity contribution >= 4 is 17.5 Å². The zero-order valence-electron chi connectivity index (χ0n) is 15.4. The summed E-state index contributed by atoms with van der Waals surface area (Å²) in [4.78, 5) is 26.3. The normalized spacial score (nSPS) is 19.3. The van der Waals surface area contributed by atoms with Gasteiger partial charge >= 0.3 is 6.18 Å². The van der Waals surface area contributed by atoms with E-state index in [9.17, 15) is 22.4 Å². The van der Waals surface area contributed by atoms with E-state index >= 15 is 0 Å². The smallest absolute Gasteiger partial charge is 0.369 e. The molecule has 1 aliphatic carbocycles. The van der Waals surface area contributed by atoms with Crippen molar-refractivity contribution in [1.29, 1.82) is 0 Å². The second-order valence-corrected chi connectivity index (χ2v) is 7.16. The van der Waals surface area contributed by atoms with Crippen LogP contribution in [0.4, 0.5) is 29.2 Å². The van der Waals surface area contributed by atoms with E-state index in [1.54, 1.807) is 12.3 Å². The highest BCUT2D eigenvalue weighted by Gasteiger charge is 2.55. The largest absolute Gasteiger partial charge is 0.405 e.